The van der Waals surface area contributed by atoms with Gasteiger partial charge in [0.15, 0.2) is 10.8 Å². The van der Waals surface area contributed by atoms with Gasteiger partial charge in [0.1, 0.15) is 5.82 Å². The molecule has 2 heterocycles. The fraction of sp³-hybridized carbons (Fsp3) is 0.444. The molecule has 0 unspecified atom stereocenters. The van der Waals surface area contributed by atoms with Crippen LogP contribution in [0.5, 0.6) is 0 Å². The highest BCUT2D eigenvalue weighted by Crippen LogP contribution is 2.24. The van der Waals surface area contributed by atoms with Crippen LogP contribution in [0.1, 0.15) is 37.9 Å². The Labute approximate surface area is 150 Å². The number of nitrogens with one attached hydrogen (secondary N) is 1. The summed E-state index contributed by atoms with van der Waals surface area (Å²) in [6.07, 6.45) is 5.90. The molecule has 2 aromatic heterocycles. The highest BCUT2D eigenvalue weighted by molar-refractivity contribution is 7.99. The molecule has 0 aliphatic heterocycles. The summed E-state index contributed by atoms with van der Waals surface area (Å²) in [4.78, 5) is 21.5. The van der Waals surface area contributed by atoms with Gasteiger partial charge in [-0.3, -0.25) is 4.79 Å². The van der Waals surface area contributed by atoms with Crippen molar-refractivity contribution < 1.29 is 4.79 Å². The van der Waals surface area contributed by atoms with Crippen LogP contribution in [0.25, 0.3) is 16.6 Å². The Morgan fingerprint density at radius 1 is 1.24 bits per heavy atom. The Hall–Kier alpha value is -2.15. The van der Waals surface area contributed by atoms with Gasteiger partial charge in [0.05, 0.1) is 11.3 Å². The van der Waals surface area contributed by atoms with Crippen LogP contribution in [0.2, 0.25) is 0 Å². The molecule has 4 rings (SSSR count). The monoisotopic (exact) mass is 355 g/mol. The lowest BCUT2D eigenvalue weighted by molar-refractivity contribution is -0.119. The number of fused-ring (bicyclic) bond motifs is 3. The fourth-order valence-corrected chi connectivity index (χ4v) is 4.13. The second kappa shape index (κ2) is 7.00. The first kappa shape index (κ1) is 16.3. The Morgan fingerprint density at radius 3 is 2.88 bits per heavy atom. The highest BCUT2D eigenvalue weighted by atomic mass is 32.2. The summed E-state index contributed by atoms with van der Waals surface area (Å²) in [7, 11) is 0. The van der Waals surface area contributed by atoms with E-state index in [-0.39, 0.29) is 5.91 Å². The molecular weight excluding hydrogens is 334 g/mol. The lowest BCUT2D eigenvalue weighted by Crippen LogP contribution is -2.37. The first-order valence-electron chi connectivity index (χ1n) is 8.75. The third-order valence-electron chi connectivity index (χ3n) is 4.56. The molecule has 0 spiro atoms. The van der Waals surface area contributed by atoms with Gasteiger partial charge in [0.2, 0.25) is 5.91 Å². The zero-order valence-corrected chi connectivity index (χ0v) is 15.1. The lowest BCUT2D eigenvalue weighted by Gasteiger charge is -2.22. The van der Waals surface area contributed by atoms with Crippen molar-refractivity contribution in [1.82, 2.24) is 24.9 Å². The van der Waals surface area contributed by atoms with Crippen LogP contribution in [0, 0.1) is 6.92 Å². The Kier molecular flexibility index (Phi) is 4.57. The number of amides is 1. The quantitative estimate of drug-likeness (QED) is 0.575. The zero-order valence-electron chi connectivity index (χ0n) is 14.2. The first-order chi connectivity index (χ1) is 12.2. The number of hydrogen-bond acceptors (Lipinski definition) is 5. The van der Waals surface area contributed by atoms with Gasteiger partial charge in [-0.05, 0) is 31.9 Å². The van der Waals surface area contributed by atoms with E-state index in [0.29, 0.717) is 22.8 Å². The molecule has 1 N–H and O–H groups in total. The molecule has 1 aliphatic rings. The Bertz CT molecular complexity index is 916. The third kappa shape index (κ3) is 3.46. The van der Waals surface area contributed by atoms with Gasteiger partial charge in [0.25, 0.3) is 0 Å². The Morgan fingerprint density at radius 2 is 2.04 bits per heavy atom. The Balaban J connectivity index is 1.54. The predicted molar refractivity (Wildman–Crippen MR) is 98.8 cm³/mol. The van der Waals surface area contributed by atoms with Gasteiger partial charge < -0.3 is 5.32 Å². The van der Waals surface area contributed by atoms with Crippen molar-refractivity contribution in [1.29, 1.82) is 0 Å². The van der Waals surface area contributed by atoms with Gasteiger partial charge in [-0.15, -0.1) is 5.10 Å². The zero-order chi connectivity index (χ0) is 17.2. The van der Waals surface area contributed by atoms with E-state index in [2.05, 4.69) is 20.4 Å². The number of para-hydroxylation sites is 1. The molecule has 1 aliphatic carbocycles. The second-order valence-electron chi connectivity index (χ2n) is 6.50. The van der Waals surface area contributed by atoms with Crippen molar-refractivity contribution >= 4 is 34.2 Å². The van der Waals surface area contributed by atoms with Gasteiger partial charge in [-0.1, -0.05) is 43.2 Å². The van der Waals surface area contributed by atoms with Crippen molar-refractivity contribution in [2.45, 2.75) is 50.2 Å². The van der Waals surface area contributed by atoms with Crippen LogP contribution in [0.3, 0.4) is 0 Å². The topological polar surface area (TPSA) is 72.2 Å². The molecule has 1 amide bonds. The molecule has 0 atom stereocenters. The van der Waals surface area contributed by atoms with E-state index in [0.717, 1.165) is 29.4 Å². The van der Waals surface area contributed by atoms with E-state index in [9.17, 15) is 4.79 Å². The molecule has 6 nitrogen and oxygen atoms in total. The van der Waals surface area contributed by atoms with Gasteiger partial charge in [0, 0.05) is 11.4 Å². The van der Waals surface area contributed by atoms with E-state index in [1.165, 1.54) is 31.0 Å². The average Bonchev–Trinajstić information content (AvgIpc) is 3.02. The molecule has 7 heteroatoms. The average molecular weight is 355 g/mol. The van der Waals surface area contributed by atoms with E-state index < -0.39 is 0 Å². The minimum absolute atomic E-state index is 0.0665. The predicted octanol–water partition coefficient (Wildman–Crippen LogP) is 3.13. The molecule has 0 bridgehead atoms. The molecular formula is C18H21N5OS. The molecule has 1 aromatic carbocycles. The molecule has 3 aromatic rings. The maximum absolute atomic E-state index is 12.3. The van der Waals surface area contributed by atoms with Crippen molar-refractivity contribution in [2.75, 3.05) is 5.75 Å². The van der Waals surface area contributed by atoms with E-state index in [4.69, 9.17) is 0 Å². The highest BCUT2D eigenvalue weighted by Gasteiger charge is 2.17. The van der Waals surface area contributed by atoms with Gasteiger partial charge in [-0.2, -0.15) is 4.52 Å². The van der Waals surface area contributed by atoms with Gasteiger partial charge >= 0.3 is 0 Å². The smallest absolute Gasteiger partial charge is 0.230 e. The molecule has 25 heavy (non-hydrogen) atoms. The molecule has 1 saturated carbocycles. The standard InChI is InChI=1S/C18H21N5OS/c1-12-19-17-14-9-5-6-10-15(14)21-18(23(17)22-12)25-11-16(24)20-13-7-3-2-4-8-13/h5-6,9-10,13H,2-4,7-8,11H2,1H3,(H,20,24). The second-order valence-corrected chi connectivity index (χ2v) is 7.44. The summed E-state index contributed by atoms with van der Waals surface area (Å²) in [5, 5.41) is 9.27. The number of rotatable bonds is 4. The van der Waals surface area contributed by atoms with Crippen LogP contribution < -0.4 is 5.32 Å². The summed E-state index contributed by atoms with van der Waals surface area (Å²) in [5.74, 6) is 1.11. The summed E-state index contributed by atoms with van der Waals surface area (Å²) in [6.45, 7) is 1.87. The number of carbonyl (C=O) groups excluding carboxylic acids is 1. The van der Waals surface area contributed by atoms with Crippen LogP contribution in [-0.2, 0) is 4.79 Å². The van der Waals surface area contributed by atoms with Crippen LogP contribution in [0.15, 0.2) is 29.4 Å². The summed E-state index contributed by atoms with van der Waals surface area (Å²) < 4.78 is 1.75. The minimum Gasteiger partial charge on any atom is -0.353 e. The third-order valence-corrected chi connectivity index (χ3v) is 5.49. The molecule has 1 fully saturated rings. The number of nitrogens with zero attached hydrogens (tertiary/aromatic N) is 4. The SMILES string of the molecule is Cc1nc2c3ccccc3nc(SCC(=O)NC3CCCCC3)n2n1. The fourth-order valence-electron chi connectivity index (χ4n) is 3.37. The maximum atomic E-state index is 12.3. The van der Waals surface area contributed by atoms with E-state index in [1.54, 1.807) is 4.52 Å². The number of aryl methyl sites for hydroxylation is 1. The normalized spacial score (nSPS) is 15.7. The minimum atomic E-state index is 0.0665. The van der Waals surface area contributed by atoms with E-state index >= 15 is 0 Å². The van der Waals surface area contributed by atoms with Gasteiger partial charge in [-0.25, -0.2) is 9.97 Å². The van der Waals surface area contributed by atoms with E-state index in [1.807, 2.05) is 31.2 Å². The van der Waals surface area contributed by atoms with Crippen molar-refractivity contribution in [3.63, 3.8) is 0 Å². The number of thioether (sulfide) groups is 1. The molecule has 0 saturated heterocycles. The van der Waals surface area contributed by atoms with Crippen molar-refractivity contribution in [2.24, 2.45) is 0 Å². The summed E-state index contributed by atoms with van der Waals surface area (Å²) in [5.41, 5.74) is 1.66. The van der Waals surface area contributed by atoms with Crippen LogP contribution in [-0.4, -0.2) is 37.3 Å². The molecule has 130 valence electrons. The number of carbonyl (C=O) groups is 1. The first-order valence-corrected chi connectivity index (χ1v) is 9.73. The molecule has 0 radical (unpaired) electrons. The summed E-state index contributed by atoms with van der Waals surface area (Å²) >= 11 is 1.41. The van der Waals surface area contributed by atoms with Crippen molar-refractivity contribution in [3.05, 3.63) is 30.1 Å². The number of benzene rings is 1. The van der Waals surface area contributed by atoms with Crippen LogP contribution in [0.4, 0.5) is 0 Å². The lowest BCUT2D eigenvalue weighted by atomic mass is 9.95. The van der Waals surface area contributed by atoms with Crippen molar-refractivity contribution in [3.8, 4) is 0 Å². The largest absolute Gasteiger partial charge is 0.353 e. The summed E-state index contributed by atoms with van der Waals surface area (Å²) in [6, 6.07) is 8.22. The number of aromatic nitrogens is 4. The maximum Gasteiger partial charge on any atom is 0.230 e. The van der Waals surface area contributed by atoms with Crippen LogP contribution >= 0.6 is 11.8 Å². The number of hydrogen-bond donors (Lipinski definition) is 1.